The first-order valence-electron chi connectivity index (χ1n) is 8.90. The molecule has 2 N–H and O–H groups in total. The number of nitrogens with one attached hydrogen (secondary N) is 2. The maximum Gasteiger partial charge on any atom is 0.274 e. The number of rotatable bonds is 5. The molecule has 0 saturated heterocycles. The third-order valence-corrected chi connectivity index (χ3v) is 4.78. The van der Waals surface area contributed by atoms with Gasteiger partial charge in [-0.25, -0.2) is 9.97 Å². The summed E-state index contributed by atoms with van der Waals surface area (Å²) < 4.78 is 5.11. The number of carbonyl (C=O) groups excluding carboxylic acids is 1. The fraction of sp³-hybridized carbons (Fsp3) is 0.421. The summed E-state index contributed by atoms with van der Waals surface area (Å²) in [6, 6.07) is 7.05. The second kappa shape index (κ2) is 8.85. The highest BCUT2D eigenvalue weighted by Crippen LogP contribution is 2.27. The Kier molecular flexibility index (Phi) is 6.28. The van der Waals surface area contributed by atoms with E-state index in [0.717, 1.165) is 12.8 Å². The zero-order valence-corrected chi connectivity index (χ0v) is 15.6. The van der Waals surface area contributed by atoms with Gasteiger partial charge in [0.25, 0.3) is 5.91 Å². The van der Waals surface area contributed by atoms with Crippen molar-refractivity contribution in [3.63, 3.8) is 0 Å². The van der Waals surface area contributed by atoms with Crippen molar-refractivity contribution >= 4 is 29.1 Å². The van der Waals surface area contributed by atoms with Gasteiger partial charge >= 0.3 is 0 Å². The lowest BCUT2D eigenvalue weighted by atomic mass is 10.1. The molecule has 0 radical (unpaired) electrons. The van der Waals surface area contributed by atoms with Gasteiger partial charge < -0.3 is 15.4 Å². The third-order valence-electron chi connectivity index (χ3n) is 4.49. The molecule has 7 heteroatoms. The molecule has 1 aromatic carbocycles. The van der Waals surface area contributed by atoms with Crippen molar-refractivity contribution in [2.75, 3.05) is 17.7 Å². The second-order valence-electron chi connectivity index (χ2n) is 6.40. The Bertz CT molecular complexity index is 761. The number of hydrogen-bond donors (Lipinski definition) is 2. The number of ether oxygens (including phenoxy) is 1. The van der Waals surface area contributed by atoms with E-state index in [2.05, 4.69) is 20.6 Å². The molecule has 26 heavy (non-hydrogen) atoms. The normalized spacial score (nSPS) is 15.2. The number of hydrogen-bond acceptors (Lipinski definition) is 5. The molecule has 0 spiro atoms. The fourth-order valence-electron chi connectivity index (χ4n) is 3.10. The van der Waals surface area contributed by atoms with Crippen LogP contribution in [0.1, 0.15) is 49.0 Å². The molecule has 1 saturated carbocycles. The summed E-state index contributed by atoms with van der Waals surface area (Å²) in [7, 11) is 1.54. The van der Waals surface area contributed by atoms with Crippen LogP contribution in [0.4, 0.5) is 11.6 Å². The van der Waals surface area contributed by atoms with Gasteiger partial charge in [0.1, 0.15) is 11.4 Å². The van der Waals surface area contributed by atoms with Gasteiger partial charge in [0.2, 0.25) is 5.95 Å². The van der Waals surface area contributed by atoms with Gasteiger partial charge in [0.05, 0.1) is 12.1 Å². The van der Waals surface area contributed by atoms with Crippen LogP contribution in [-0.2, 0) is 0 Å². The van der Waals surface area contributed by atoms with Gasteiger partial charge in [0.15, 0.2) is 0 Å². The highest BCUT2D eigenvalue weighted by Gasteiger charge is 2.15. The zero-order chi connectivity index (χ0) is 18.4. The lowest BCUT2D eigenvalue weighted by Gasteiger charge is -2.16. The molecule has 0 bridgehead atoms. The van der Waals surface area contributed by atoms with Crippen molar-refractivity contribution in [3.8, 4) is 5.75 Å². The maximum atomic E-state index is 12.5. The number of carbonyl (C=O) groups is 1. The SMILES string of the molecule is COc1ccc(NC(=O)c2ccnc(NC3CCCCCC3)n2)cc1Cl. The molecule has 1 aliphatic rings. The van der Waals surface area contributed by atoms with Crippen LogP contribution < -0.4 is 15.4 Å². The molecule has 0 aliphatic heterocycles. The van der Waals surface area contributed by atoms with E-state index in [1.165, 1.54) is 25.7 Å². The van der Waals surface area contributed by atoms with Crippen LogP contribution in [0.25, 0.3) is 0 Å². The average Bonchev–Trinajstić information content (AvgIpc) is 2.91. The first-order chi connectivity index (χ1) is 12.7. The van der Waals surface area contributed by atoms with Crippen LogP contribution >= 0.6 is 11.6 Å². The number of aromatic nitrogens is 2. The van der Waals surface area contributed by atoms with Gasteiger partial charge in [-0.15, -0.1) is 0 Å². The van der Waals surface area contributed by atoms with Crippen LogP contribution in [0.15, 0.2) is 30.5 Å². The predicted octanol–water partition coefficient (Wildman–Crippen LogP) is 4.53. The fourth-order valence-corrected chi connectivity index (χ4v) is 3.36. The van der Waals surface area contributed by atoms with Crippen LogP contribution in [0.5, 0.6) is 5.75 Å². The summed E-state index contributed by atoms with van der Waals surface area (Å²) in [6.45, 7) is 0. The molecule has 1 aromatic heterocycles. The Morgan fingerprint density at radius 2 is 1.96 bits per heavy atom. The van der Waals surface area contributed by atoms with Crippen LogP contribution in [-0.4, -0.2) is 29.0 Å². The highest BCUT2D eigenvalue weighted by atomic mass is 35.5. The average molecular weight is 375 g/mol. The Morgan fingerprint density at radius 1 is 1.19 bits per heavy atom. The zero-order valence-electron chi connectivity index (χ0n) is 14.8. The minimum atomic E-state index is -0.308. The number of anilines is 2. The Labute approximate surface area is 158 Å². The van der Waals surface area contributed by atoms with Gasteiger partial charge in [-0.2, -0.15) is 0 Å². The number of benzene rings is 1. The van der Waals surface area contributed by atoms with E-state index in [9.17, 15) is 4.79 Å². The predicted molar refractivity (Wildman–Crippen MR) is 103 cm³/mol. The molecule has 1 amide bonds. The van der Waals surface area contributed by atoms with Crippen LogP contribution in [0.2, 0.25) is 5.02 Å². The van der Waals surface area contributed by atoms with E-state index in [1.807, 2.05) is 0 Å². The largest absolute Gasteiger partial charge is 0.495 e. The number of halogens is 1. The van der Waals surface area contributed by atoms with Gasteiger partial charge in [-0.1, -0.05) is 37.3 Å². The van der Waals surface area contributed by atoms with Gasteiger partial charge in [-0.3, -0.25) is 4.79 Å². The minimum Gasteiger partial charge on any atom is -0.495 e. The molecule has 2 aromatic rings. The van der Waals surface area contributed by atoms with E-state index in [1.54, 1.807) is 37.6 Å². The Balaban J connectivity index is 1.66. The number of methoxy groups -OCH3 is 1. The Morgan fingerprint density at radius 3 is 2.65 bits per heavy atom. The number of amides is 1. The Hall–Kier alpha value is -2.34. The number of nitrogens with zero attached hydrogens (tertiary/aromatic N) is 2. The first-order valence-corrected chi connectivity index (χ1v) is 9.28. The van der Waals surface area contributed by atoms with Crippen molar-refractivity contribution in [3.05, 3.63) is 41.2 Å². The first kappa shape index (κ1) is 18.5. The molecule has 6 nitrogen and oxygen atoms in total. The smallest absolute Gasteiger partial charge is 0.274 e. The van der Waals surface area contributed by atoms with Crippen molar-refractivity contribution in [2.24, 2.45) is 0 Å². The molecule has 3 rings (SSSR count). The highest BCUT2D eigenvalue weighted by molar-refractivity contribution is 6.32. The van der Waals surface area contributed by atoms with E-state index < -0.39 is 0 Å². The summed E-state index contributed by atoms with van der Waals surface area (Å²) in [5, 5.41) is 6.59. The van der Waals surface area contributed by atoms with Crippen molar-refractivity contribution < 1.29 is 9.53 Å². The molecular weight excluding hydrogens is 352 g/mol. The lowest BCUT2D eigenvalue weighted by Crippen LogP contribution is -2.21. The minimum absolute atomic E-state index is 0.308. The van der Waals surface area contributed by atoms with Crippen molar-refractivity contribution in [1.82, 2.24) is 9.97 Å². The van der Waals surface area contributed by atoms with E-state index >= 15 is 0 Å². The lowest BCUT2D eigenvalue weighted by molar-refractivity contribution is 0.102. The standard InChI is InChI=1S/C19H23ClN4O2/c1-26-17-9-8-14(12-15(17)20)22-18(25)16-10-11-21-19(24-16)23-13-6-4-2-3-5-7-13/h8-13H,2-7H2,1H3,(H,22,25)(H,21,23,24). The molecule has 1 heterocycles. The van der Waals surface area contributed by atoms with Crippen molar-refractivity contribution in [1.29, 1.82) is 0 Å². The third kappa shape index (κ3) is 4.85. The van der Waals surface area contributed by atoms with Gasteiger partial charge in [-0.05, 0) is 37.1 Å². The van der Waals surface area contributed by atoms with E-state index in [-0.39, 0.29) is 5.91 Å². The maximum absolute atomic E-state index is 12.5. The van der Waals surface area contributed by atoms with Gasteiger partial charge in [0, 0.05) is 17.9 Å². The topological polar surface area (TPSA) is 76.1 Å². The molecule has 138 valence electrons. The molecule has 0 unspecified atom stereocenters. The summed E-state index contributed by atoms with van der Waals surface area (Å²) in [4.78, 5) is 21.1. The van der Waals surface area contributed by atoms with Crippen LogP contribution in [0, 0.1) is 0 Å². The van der Waals surface area contributed by atoms with E-state index in [0.29, 0.717) is 34.1 Å². The van der Waals surface area contributed by atoms with Crippen LogP contribution in [0.3, 0.4) is 0 Å². The summed E-state index contributed by atoms with van der Waals surface area (Å²) in [6.07, 6.45) is 8.83. The molecule has 0 atom stereocenters. The molecule has 1 fully saturated rings. The monoisotopic (exact) mass is 374 g/mol. The molecule has 1 aliphatic carbocycles. The quantitative estimate of drug-likeness (QED) is 0.752. The summed E-state index contributed by atoms with van der Waals surface area (Å²) >= 11 is 6.09. The second-order valence-corrected chi connectivity index (χ2v) is 6.81. The van der Waals surface area contributed by atoms with E-state index in [4.69, 9.17) is 16.3 Å². The summed E-state index contributed by atoms with van der Waals surface area (Å²) in [5.41, 5.74) is 0.890. The molecular formula is C19H23ClN4O2. The summed E-state index contributed by atoms with van der Waals surface area (Å²) in [5.74, 6) is 0.747. The van der Waals surface area contributed by atoms with Crippen molar-refractivity contribution in [2.45, 2.75) is 44.6 Å².